The summed E-state index contributed by atoms with van der Waals surface area (Å²) in [6, 6.07) is 3.99. The van der Waals surface area contributed by atoms with Gasteiger partial charge < -0.3 is 15.1 Å². The molecular formula is C15H20N6S. The maximum atomic E-state index is 4.89. The first-order valence-electron chi connectivity index (χ1n) is 7.83. The van der Waals surface area contributed by atoms with Gasteiger partial charge in [0.25, 0.3) is 0 Å². The lowest BCUT2D eigenvalue weighted by molar-refractivity contribution is 0.580. The van der Waals surface area contributed by atoms with Crippen LogP contribution in [-0.4, -0.2) is 65.7 Å². The second-order valence-corrected chi connectivity index (χ2v) is 6.78. The van der Waals surface area contributed by atoms with Gasteiger partial charge in [-0.05, 0) is 12.1 Å². The summed E-state index contributed by atoms with van der Waals surface area (Å²) in [6.07, 6.45) is 1.83. The zero-order chi connectivity index (χ0) is 14.8. The Balaban J connectivity index is 1.78. The number of thioether (sulfide) groups is 1. The number of fused-ring (bicyclic) bond motifs is 1. The summed E-state index contributed by atoms with van der Waals surface area (Å²) in [6.45, 7) is 5.97. The molecule has 0 unspecified atom stereocenters. The predicted octanol–water partition coefficient (Wildman–Crippen LogP) is 0.988. The molecule has 0 bridgehead atoms. The lowest BCUT2D eigenvalue weighted by Crippen LogP contribution is -2.44. The average molecular weight is 316 g/mol. The van der Waals surface area contributed by atoms with E-state index in [0.29, 0.717) is 0 Å². The van der Waals surface area contributed by atoms with E-state index in [4.69, 9.17) is 9.97 Å². The van der Waals surface area contributed by atoms with Gasteiger partial charge in [-0.1, -0.05) is 0 Å². The Kier molecular flexibility index (Phi) is 3.99. The first-order chi connectivity index (χ1) is 10.9. The fourth-order valence-electron chi connectivity index (χ4n) is 2.94. The Morgan fingerprint density at radius 3 is 2.64 bits per heavy atom. The Morgan fingerprint density at radius 2 is 1.82 bits per heavy atom. The summed E-state index contributed by atoms with van der Waals surface area (Å²) in [5.74, 6) is 4.15. The molecule has 0 saturated carbocycles. The number of hydrogen-bond acceptors (Lipinski definition) is 7. The summed E-state index contributed by atoms with van der Waals surface area (Å²) in [5.41, 5.74) is 1.87. The number of anilines is 2. The van der Waals surface area contributed by atoms with Crippen LogP contribution < -0.4 is 15.1 Å². The van der Waals surface area contributed by atoms with Gasteiger partial charge in [0.15, 0.2) is 5.82 Å². The van der Waals surface area contributed by atoms with Crippen molar-refractivity contribution in [3.05, 3.63) is 18.3 Å². The van der Waals surface area contributed by atoms with Crippen LogP contribution in [0.5, 0.6) is 0 Å². The van der Waals surface area contributed by atoms with Gasteiger partial charge in [-0.25, -0.2) is 4.98 Å². The smallest absolute Gasteiger partial charge is 0.228 e. The highest BCUT2D eigenvalue weighted by Gasteiger charge is 2.21. The Morgan fingerprint density at radius 1 is 1.00 bits per heavy atom. The molecule has 116 valence electrons. The number of aromatic nitrogens is 3. The quantitative estimate of drug-likeness (QED) is 0.886. The largest absolute Gasteiger partial charge is 0.353 e. The maximum Gasteiger partial charge on any atom is 0.228 e. The van der Waals surface area contributed by atoms with Gasteiger partial charge in [-0.15, -0.1) is 0 Å². The first-order valence-corrected chi connectivity index (χ1v) is 8.98. The molecule has 7 heteroatoms. The van der Waals surface area contributed by atoms with Crippen molar-refractivity contribution in [1.29, 1.82) is 0 Å². The third kappa shape index (κ3) is 2.70. The van der Waals surface area contributed by atoms with Crippen molar-refractivity contribution in [2.45, 2.75) is 0 Å². The third-order valence-electron chi connectivity index (χ3n) is 4.14. The van der Waals surface area contributed by atoms with E-state index in [2.05, 4.69) is 20.1 Å². The van der Waals surface area contributed by atoms with Crippen LogP contribution >= 0.6 is 11.8 Å². The predicted molar refractivity (Wildman–Crippen MR) is 92.0 cm³/mol. The minimum absolute atomic E-state index is 0.843. The van der Waals surface area contributed by atoms with Gasteiger partial charge in [0.05, 0.1) is 5.52 Å². The molecule has 2 saturated heterocycles. The van der Waals surface area contributed by atoms with Gasteiger partial charge in [0, 0.05) is 57.0 Å². The van der Waals surface area contributed by atoms with Crippen molar-refractivity contribution >= 4 is 34.6 Å². The zero-order valence-electron chi connectivity index (χ0n) is 12.5. The van der Waals surface area contributed by atoms with E-state index in [-0.39, 0.29) is 0 Å². The van der Waals surface area contributed by atoms with Crippen LogP contribution in [-0.2, 0) is 0 Å². The van der Waals surface area contributed by atoms with Crippen molar-refractivity contribution < 1.29 is 0 Å². The second kappa shape index (κ2) is 6.26. The summed E-state index contributed by atoms with van der Waals surface area (Å²) in [4.78, 5) is 18.8. The van der Waals surface area contributed by atoms with Gasteiger partial charge in [0.1, 0.15) is 5.52 Å². The number of nitrogens with zero attached hydrogens (tertiary/aromatic N) is 5. The highest BCUT2D eigenvalue weighted by Crippen LogP contribution is 2.27. The molecule has 2 aliphatic rings. The van der Waals surface area contributed by atoms with Crippen LogP contribution in [0.1, 0.15) is 0 Å². The van der Waals surface area contributed by atoms with Crippen molar-refractivity contribution in [2.75, 3.05) is 60.6 Å². The lowest BCUT2D eigenvalue weighted by atomic mass is 10.3. The van der Waals surface area contributed by atoms with E-state index in [1.807, 2.05) is 30.1 Å². The van der Waals surface area contributed by atoms with Crippen LogP contribution in [0.3, 0.4) is 0 Å². The van der Waals surface area contributed by atoms with Gasteiger partial charge in [-0.2, -0.15) is 16.7 Å². The normalized spacial score (nSPS) is 19.6. The van der Waals surface area contributed by atoms with Crippen molar-refractivity contribution in [3.63, 3.8) is 0 Å². The zero-order valence-corrected chi connectivity index (χ0v) is 13.3. The summed E-state index contributed by atoms with van der Waals surface area (Å²) in [7, 11) is 0. The Labute approximate surface area is 134 Å². The van der Waals surface area contributed by atoms with Crippen LogP contribution in [0.2, 0.25) is 0 Å². The molecule has 6 nitrogen and oxygen atoms in total. The van der Waals surface area contributed by atoms with E-state index < -0.39 is 0 Å². The molecule has 0 amide bonds. The topological polar surface area (TPSA) is 57.2 Å². The molecule has 4 heterocycles. The van der Waals surface area contributed by atoms with E-state index in [1.54, 1.807) is 0 Å². The molecule has 4 rings (SSSR count). The molecule has 0 atom stereocenters. The van der Waals surface area contributed by atoms with Gasteiger partial charge in [-0.3, -0.25) is 4.98 Å². The Hall–Kier alpha value is -1.60. The van der Waals surface area contributed by atoms with E-state index in [0.717, 1.165) is 73.6 Å². The number of hydrogen-bond donors (Lipinski definition) is 1. The maximum absolute atomic E-state index is 4.89. The minimum atomic E-state index is 0.843. The number of rotatable bonds is 2. The van der Waals surface area contributed by atoms with Gasteiger partial charge in [0.2, 0.25) is 5.95 Å². The molecule has 2 aromatic heterocycles. The number of nitrogens with one attached hydrogen (secondary N) is 1. The molecule has 0 aromatic carbocycles. The van der Waals surface area contributed by atoms with E-state index in [1.165, 1.54) is 0 Å². The summed E-state index contributed by atoms with van der Waals surface area (Å²) < 4.78 is 0. The van der Waals surface area contributed by atoms with Crippen LogP contribution in [0.25, 0.3) is 11.0 Å². The fourth-order valence-corrected chi connectivity index (χ4v) is 3.84. The van der Waals surface area contributed by atoms with Crippen molar-refractivity contribution in [1.82, 2.24) is 20.3 Å². The standard InChI is InChI=1S/C15H20N6S/c1-2-12-13(17-3-1)14(20-8-10-22-11-9-20)19-15(18-12)21-6-4-16-5-7-21/h1-3,16H,4-11H2. The average Bonchev–Trinajstić information content (AvgIpc) is 2.62. The second-order valence-electron chi connectivity index (χ2n) is 5.55. The van der Waals surface area contributed by atoms with Crippen LogP contribution in [0.4, 0.5) is 11.8 Å². The minimum Gasteiger partial charge on any atom is -0.353 e. The fraction of sp³-hybridized carbons (Fsp3) is 0.533. The molecule has 1 N–H and O–H groups in total. The first kappa shape index (κ1) is 14.0. The van der Waals surface area contributed by atoms with Crippen LogP contribution in [0, 0.1) is 0 Å². The Bertz CT molecular complexity index is 652. The van der Waals surface area contributed by atoms with Gasteiger partial charge >= 0.3 is 0 Å². The van der Waals surface area contributed by atoms with Crippen LogP contribution in [0.15, 0.2) is 18.3 Å². The van der Waals surface area contributed by atoms with E-state index >= 15 is 0 Å². The molecule has 2 fully saturated rings. The number of pyridine rings is 1. The SMILES string of the molecule is c1cnc2c(N3CCSCC3)nc(N3CCNCC3)nc2c1. The molecule has 2 aliphatic heterocycles. The molecule has 22 heavy (non-hydrogen) atoms. The molecule has 0 radical (unpaired) electrons. The molecule has 2 aromatic rings. The number of piperazine rings is 1. The molecule has 0 aliphatic carbocycles. The van der Waals surface area contributed by atoms with E-state index in [9.17, 15) is 0 Å². The molecule has 0 spiro atoms. The lowest BCUT2D eigenvalue weighted by Gasteiger charge is -2.31. The molecular weight excluding hydrogens is 296 g/mol. The van der Waals surface area contributed by atoms with Crippen molar-refractivity contribution in [3.8, 4) is 0 Å². The van der Waals surface area contributed by atoms with Crippen molar-refractivity contribution in [2.24, 2.45) is 0 Å². The highest BCUT2D eigenvalue weighted by molar-refractivity contribution is 7.99. The summed E-state index contributed by atoms with van der Waals surface area (Å²) in [5, 5.41) is 3.38. The third-order valence-corrected chi connectivity index (χ3v) is 5.08. The monoisotopic (exact) mass is 316 g/mol. The highest BCUT2D eigenvalue weighted by atomic mass is 32.2. The summed E-state index contributed by atoms with van der Waals surface area (Å²) >= 11 is 2.01.